The van der Waals surface area contributed by atoms with Crippen LogP contribution in [0, 0.1) is 13.8 Å². The topological polar surface area (TPSA) is 71.1 Å². The van der Waals surface area contributed by atoms with E-state index in [0.717, 1.165) is 38.0 Å². The zero-order valence-electron chi connectivity index (χ0n) is 17.8. The Bertz CT molecular complexity index is 1210. The lowest BCUT2D eigenvalue weighted by Gasteiger charge is -2.12. The molecule has 0 atom stereocenters. The van der Waals surface area contributed by atoms with Gasteiger partial charge in [-0.3, -0.25) is 9.59 Å². The Morgan fingerprint density at radius 2 is 1.66 bits per heavy atom. The maximum atomic E-state index is 12.4. The Kier molecular flexibility index (Phi) is 6.87. The van der Waals surface area contributed by atoms with Gasteiger partial charge in [0.05, 0.1) is 16.8 Å². The Labute approximate surface area is 195 Å². The van der Waals surface area contributed by atoms with E-state index in [-0.39, 0.29) is 18.4 Å². The number of thioether (sulfide) groups is 1. The van der Waals surface area contributed by atoms with Gasteiger partial charge >= 0.3 is 0 Å². The molecule has 32 heavy (non-hydrogen) atoms. The van der Waals surface area contributed by atoms with Crippen molar-refractivity contribution in [2.24, 2.45) is 0 Å². The van der Waals surface area contributed by atoms with E-state index in [1.807, 2.05) is 62.4 Å². The molecule has 1 aromatic heterocycles. The maximum Gasteiger partial charge on any atom is 0.251 e. The molecule has 0 fully saturated rings. The summed E-state index contributed by atoms with van der Waals surface area (Å²) in [6.07, 6.45) is 0. The van der Waals surface area contributed by atoms with Crippen LogP contribution in [0.2, 0.25) is 0 Å². The molecule has 3 aromatic carbocycles. The molecular formula is C25H23N3O2S2. The average Bonchev–Trinajstić information content (AvgIpc) is 3.22. The first kappa shape index (κ1) is 22.0. The summed E-state index contributed by atoms with van der Waals surface area (Å²) in [6.45, 7) is 3.80. The van der Waals surface area contributed by atoms with Crippen LogP contribution in [0.4, 0.5) is 5.69 Å². The van der Waals surface area contributed by atoms with Crippen molar-refractivity contribution in [2.45, 2.75) is 23.9 Å². The number of aromatic nitrogens is 1. The van der Waals surface area contributed by atoms with Gasteiger partial charge in [0.1, 0.15) is 0 Å². The number of nitrogens with one attached hydrogen (secondary N) is 2. The lowest BCUT2D eigenvalue weighted by atomic mass is 10.1. The zero-order valence-corrected chi connectivity index (χ0v) is 19.5. The molecule has 0 radical (unpaired) electrons. The number of carbonyl (C=O) groups is 2. The van der Waals surface area contributed by atoms with E-state index < -0.39 is 0 Å². The van der Waals surface area contributed by atoms with Crippen LogP contribution >= 0.6 is 23.1 Å². The molecule has 0 spiro atoms. The van der Waals surface area contributed by atoms with Gasteiger partial charge in [0, 0.05) is 17.0 Å². The predicted octanol–water partition coefficient (Wildman–Crippen LogP) is 5.57. The SMILES string of the molecule is Cc1cccc(C)c1NC(=O)CNC(=O)c1ccc(CSc2nc3ccccc3s2)cc1. The van der Waals surface area contributed by atoms with Crippen LogP contribution in [-0.4, -0.2) is 23.3 Å². The largest absolute Gasteiger partial charge is 0.343 e. The summed E-state index contributed by atoms with van der Waals surface area (Å²) in [5.74, 6) is 0.256. The molecule has 2 N–H and O–H groups in total. The summed E-state index contributed by atoms with van der Waals surface area (Å²) in [5.41, 5.74) is 5.43. The third-order valence-corrected chi connectivity index (χ3v) is 7.26. The van der Waals surface area contributed by atoms with Crippen LogP contribution < -0.4 is 10.6 Å². The molecule has 4 rings (SSSR count). The van der Waals surface area contributed by atoms with Gasteiger partial charge in [-0.1, -0.05) is 54.2 Å². The van der Waals surface area contributed by atoms with Crippen LogP contribution in [0.3, 0.4) is 0 Å². The Hall–Kier alpha value is -3.16. The number of carbonyl (C=O) groups excluding carboxylic acids is 2. The molecule has 0 aliphatic carbocycles. The smallest absolute Gasteiger partial charge is 0.251 e. The minimum atomic E-state index is -0.271. The summed E-state index contributed by atoms with van der Waals surface area (Å²) >= 11 is 3.37. The van der Waals surface area contributed by atoms with E-state index in [9.17, 15) is 9.59 Å². The third kappa shape index (κ3) is 5.36. The highest BCUT2D eigenvalue weighted by molar-refractivity contribution is 8.00. The number of hydrogen-bond acceptors (Lipinski definition) is 5. The first-order valence-electron chi connectivity index (χ1n) is 10.2. The molecule has 0 bridgehead atoms. The van der Waals surface area contributed by atoms with E-state index in [4.69, 9.17) is 0 Å². The molecular weight excluding hydrogens is 438 g/mol. The molecule has 0 saturated carbocycles. The Morgan fingerprint density at radius 3 is 2.38 bits per heavy atom. The first-order valence-corrected chi connectivity index (χ1v) is 12.0. The molecule has 0 unspecified atom stereocenters. The summed E-state index contributed by atoms with van der Waals surface area (Å²) in [4.78, 5) is 29.3. The van der Waals surface area contributed by atoms with Crippen molar-refractivity contribution in [1.29, 1.82) is 0 Å². The summed E-state index contributed by atoms with van der Waals surface area (Å²) in [7, 11) is 0. The molecule has 0 saturated heterocycles. The second-order valence-electron chi connectivity index (χ2n) is 7.43. The summed E-state index contributed by atoms with van der Waals surface area (Å²) in [6, 6.07) is 21.4. The fraction of sp³-hybridized carbons (Fsp3) is 0.160. The molecule has 2 amide bonds. The van der Waals surface area contributed by atoms with Crippen molar-refractivity contribution < 1.29 is 9.59 Å². The van der Waals surface area contributed by atoms with Gasteiger partial charge in [-0.05, 0) is 54.8 Å². The third-order valence-electron chi connectivity index (χ3n) is 5.01. The minimum Gasteiger partial charge on any atom is -0.343 e. The van der Waals surface area contributed by atoms with E-state index >= 15 is 0 Å². The van der Waals surface area contributed by atoms with Gasteiger partial charge in [0.15, 0.2) is 4.34 Å². The van der Waals surface area contributed by atoms with Gasteiger partial charge in [-0.25, -0.2) is 4.98 Å². The quantitative estimate of drug-likeness (QED) is 0.353. The van der Waals surface area contributed by atoms with Gasteiger partial charge in [-0.2, -0.15) is 0 Å². The molecule has 0 aliphatic rings. The Morgan fingerprint density at radius 1 is 0.938 bits per heavy atom. The van der Waals surface area contributed by atoms with E-state index in [0.29, 0.717) is 5.56 Å². The van der Waals surface area contributed by atoms with Crippen LogP contribution in [0.25, 0.3) is 10.2 Å². The van der Waals surface area contributed by atoms with Crippen LogP contribution in [-0.2, 0) is 10.5 Å². The van der Waals surface area contributed by atoms with Gasteiger partial charge < -0.3 is 10.6 Å². The number of rotatable bonds is 7. The van der Waals surface area contributed by atoms with Crippen LogP contribution in [0.1, 0.15) is 27.0 Å². The minimum absolute atomic E-state index is 0.0815. The highest BCUT2D eigenvalue weighted by atomic mass is 32.2. The van der Waals surface area contributed by atoms with Crippen molar-refractivity contribution >= 4 is 50.8 Å². The number of thiazole rings is 1. The van der Waals surface area contributed by atoms with E-state index in [1.54, 1.807) is 35.2 Å². The molecule has 1 heterocycles. The first-order chi connectivity index (χ1) is 15.5. The van der Waals surface area contributed by atoms with Crippen LogP contribution in [0.5, 0.6) is 0 Å². The van der Waals surface area contributed by atoms with Gasteiger partial charge in [0.25, 0.3) is 5.91 Å². The van der Waals surface area contributed by atoms with Crippen LogP contribution in [0.15, 0.2) is 71.1 Å². The van der Waals surface area contributed by atoms with Crippen molar-refractivity contribution in [3.63, 3.8) is 0 Å². The van der Waals surface area contributed by atoms with E-state index in [1.165, 1.54) is 4.70 Å². The number of hydrogen-bond donors (Lipinski definition) is 2. The standard InChI is InChI=1S/C25H23N3O2S2/c1-16-6-5-7-17(2)23(16)28-22(29)14-26-24(30)19-12-10-18(11-13-19)15-31-25-27-20-8-3-4-9-21(20)32-25/h3-13H,14-15H2,1-2H3,(H,26,30)(H,28,29). The highest BCUT2D eigenvalue weighted by Gasteiger charge is 2.11. The van der Waals surface area contributed by atoms with Gasteiger partial charge in [-0.15, -0.1) is 11.3 Å². The number of fused-ring (bicyclic) bond motifs is 1. The van der Waals surface area contributed by atoms with E-state index in [2.05, 4.69) is 21.7 Å². The number of para-hydroxylation sites is 2. The fourth-order valence-electron chi connectivity index (χ4n) is 3.27. The van der Waals surface area contributed by atoms with Crippen molar-refractivity contribution in [2.75, 3.05) is 11.9 Å². The van der Waals surface area contributed by atoms with Crippen molar-refractivity contribution in [3.8, 4) is 0 Å². The van der Waals surface area contributed by atoms with Gasteiger partial charge in [0.2, 0.25) is 5.91 Å². The van der Waals surface area contributed by atoms with Crippen molar-refractivity contribution in [3.05, 3.63) is 89.0 Å². The number of benzene rings is 3. The fourth-order valence-corrected chi connectivity index (χ4v) is 5.29. The monoisotopic (exact) mass is 461 g/mol. The molecule has 7 heteroatoms. The Balaban J connectivity index is 1.28. The zero-order chi connectivity index (χ0) is 22.5. The average molecular weight is 462 g/mol. The predicted molar refractivity (Wildman–Crippen MR) is 133 cm³/mol. The normalized spacial score (nSPS) is 10.8. The van der Waals surface area contributed by atoms with Crippen molar-refractivity contribution in [1.82, 2.24) is 10.3 Å². The lowest BCUT2D eigenvalue weighted by molar-refractivity contribution is -0.115. The summed E-state index contributed by atoms with van der Waals surface area (Å²) in [5, 5.41) is 5.56. The second-order valence-corrected chi connectivity index (χ2v) is 9.68. The maximum absolute atomic E-state index is 12.4. The number of anilines is 1. The molecule has 5 nitrogen and oxygen atoms in total. The number of aryl methyl sites for hydroxylation is 2. The molecule has 0 aliphatic heterocycles. The number of amides is 2. The number of nitrogens with zero attached hydrogens (tertiary/aromatic N) is 1. The lowest BCUT2D eigenvalue weighted by Crippen LogP contribution is -2.33. The molecule has 162 valence electrons. The second kappa shape index (κ2) is 9.97. The highest BCUT2D eigenvalue weighted by Crippen LogP contribution is 2.31. The summed E-state index contributed by atoms with van der Waals surface area (Å²) < 4.78 is 2.21. The molecule has 4 aromatic rings.